The van der Waals surface area contributed by atoms with Gasteiger partial charge >= 0.3 is 12.4 Å². The summed E-state index contributed by atoms with van der Waals surface area (Å²) in [6, 6.07) is 1.21. The Morgan fingerprint density at radius 2 is 1.84 bits per heavy atom. The number of nitrogens with zero attached hydrogens (tertiary/aromatic N) is 1. The van der Waals surface area contributed by atoms with Gasteiger partial charge in [-0.1, -0.05) is 5.16 Å². The Labute approximate surface area is 103 Å². The van der Waals surface area contributed by atoms with E-state index in [2.05, 4.69) is 19.7 Å². The van der Waals surface area contributed by atoms with E-state index >= 15 is 0 Å². The van der Waals surface area contributed by atoms with Crippen molar-refractivity contribution < 1.29 is 35.6 Å². The van der Waals surface area contributed by atoms with Crippen LogP contribution in [0, 0.1) is 0 Å². The van der Waals surface area contributed by atoms with Gasteiger partial charge < -0.3 is 14.6 Å². The molecule has 4 nitrogen and oxygen atoms in total. The molecule has 0 amide bonds. The van der Waals surface area contributed by atoms with Crippen molar-refractivity contribution in [3.8, 4) is 0 Å². The van der Waals surface area contributed by atoms with E-state index in [0.29, 0.717) is 5.69 Å². The molecule has 1 N–H and O–H groups in total. The average Bonchev–Trinajstić information content (AvgIpc) is 2.62. The molecule has 0 aromatic carbocycles. The Hall–Kier alpha value is -1.29. The van der Waals surface area contributed by atoms with E-state index < -0.39 is 25.1 Å². The van der Waals surface area contributed by atoms with Crippen molar-refractivity contribution in [1.82, 2.24) is 10.5 Å². The Morgan fingerprint density at radius 3 is 2.32 bits per heavy atom. The normalized spacial score (nSPS) is 13.3. The van der Waals surface area contributed by atoms with Gasteiger partial charge in [-0.15, -0.1) is 0 Å². The lowest BCUT2D eigenvalue weighted by molar-refractivity contribution is -0.325. The van der Waals surface area contributed by atoms with Crippen molar-refractivity contribution in [3.63, 3.8) is 0 Å². The molecule has 0 spiro atoms. The van der Waals surface area contributed by atoms with Crippen LogP contribution in [-0.4, -0.2) is 30.7 Å². The van der Waals surface area contributed by atoms with Gasteiger partial charge in [-0.3, -0.25) is 0 Å². The average molecular weight is 292 g/mol. The molecule has 1 aromatic heterocycles. The van der Waals surface area contributed by atoms with Gasteiger partial charge in [0.25, 0.3) is 0 Å². The summed E-state index contributed by atoms with van der Waals surface area (Å²) in [6.45, 7) is -0.703. The predicted octanol–water partition coefficient (Wildman–Crippen LogP) is 2.40. The van der Waals surface area contributed by atoms with E-state index in [-0.39, 0.29) is 12.3 Å². The summed E-state index contributed by atoms with van der Waals surface area (Å²) in [5.74, 6) is -0.219. The molecule has 1 aromatic rings. The summed E-state index contributed by atoms with van der Waals surface area (Å²) in [6.07, 6.45) is -14.9. The topological polar surface area (TPSA) is 47.3 Å². The van der Waals surface area contributed by atoms with Crippen LogP contribution >= 0.6 is 0 Å². The summed E-state index contributed by atoms with van der Waals surface area (Å²) in [5.41, 5.74) is 0.344. The molecule has 0 unspecified atom stereocenters. The van der Waals surface area contributed by atoms with Crippen LogP contribution in [0.4, 0.5) is 26.3 Å². The Morgan fingerprint density at radius 1 is 1.26 bits per heavy atom. The van der Waals surface area contributed by atoms with Gasteiger partial charge in [0.2, 0.25) is 6.10 Å². The Bertz CT molecular complexity index is 386. The standard InChI is InChI=1S/C9H10F6N2O2/c1-16-3-5-2-6(19-17-5)4-18-7(8(10,11)12)9(13,14)15/h2,7,16H,3-4H2,1H3. The second-order valence-corrected chi connectivity index (χ2v) is 3.59. The first-order chi connectivity index (χ1) is 8.64. The highest BCUT2D eigenvalue weighted by Crippen LogP contribution is 2.36. The molecule has 10 heteroatoms. The molecular weight excluding hydrogens is 282 g/mol. The second-order valence-electron chi connectivity index (χ2n) is 3.59. The first kappa shape index (κ1) is 15.8. The first-order valence-corrected chi connectivity index (χ1v) is 4.98. The molecule has 0 aliphatic rings. The van der Waals surface area contributed by atoms with E-state index in [1.807, 2.05) is 0 Å². The van der Waals surface area contributed by atoms with Gasteiger partial charge in [0, 0.05) is 12.6 Å². The fraction of sp³-hybridized carbons (Fsp3) is 0.667. The van der Waals surface area contributed by atoms with Gasteiger partial charge in [0.15, 0.2) is 5.76 Å². The molecule has 0 aliphatic heterocycles. The highest BCUT2D eigenvalue weighted by molar-refractivity contribution is 5.04. The molecule has 0 bridgehead atoms. The summed E-state index contributed by atoms with van der Waals surface area (Å²) in [7, 11) is 1.59. The van der Waals surface area contributed by atoms with Gasteiger partial charge in [0.05, 0.1) is 5.69 Å². The third-order valence-corrected chi connectivity index (χ3v) is 1.95. The SMILES string of the molecule is CNCc1cc(COC(C(F)(F)F)C(F)(F)F)on1. The number of aromatic nitrogens is 1. The number of hydrogen-bond acceptors (Lipinski definition) is 4. The van der Waals surface area contributed by atoms with E-state index in [1.54, 1.807) is 7.05 Å². The molecule has 110 valence electrons. The van der Waals surface area contributed by atoms with Crippen LogP contribution in [0.3, 0.4) is 0 Å². The minimum atomic E-state index is -5.54. The molecule has 1 rings (SSSR count). The van der Waals surface area contributed by atoms with Crippen molar-refractivity contribution in [2.75, 3.05) is 7.05 Å². The minimum Gasteiger partial charge on any atom is -0.359 e. The van der Waals surface area contributed by atoms with Crippen LogP contribution in [-0.2, 0) is 17.9 Å². The zero-order chi connectivity index (χ0) is 14.7. The van der Waals surface area contributed by atoms with Crippen molar-refractivity contribution in [2.45, 2.75) is 31.6 Å². The highest BCUT2D eigenvalue weighted by atomic mass is 19.4. The maximum absolute atomic E-state index is 12.1. The van der Waals surface area contributed by atoms with E-state index in [4.69, 9.17) is 0 Å². The fourth-order valence-corrected chi connectivity index (χ4v) is 1.23. The molecule has 0 atom stereocenters. The predicted molar refractivity (Wildman–Crippen MR) is 50.0 cm³/mol. The molecule has 0 fully saturated rings. The van der Waals surface area contributed by atoms with Crippen LogP contribution in [0.1, 0.15) is 11.5 Å². The van der Waals surface area contributed by atoms with E-state index in [0.717, 1.165) is 0 Å². The van der Waals surface area contributed by atoms with Crippen LogP contribution in [0.2, 0.25) is 0 Å². The van der Waals surface area contributed by atoms with E-state index in [1.165, 1.54) is 6.07 Å². The van der Waals surface area contributed by atoms with Crippen molar-refractivity contribution in [1.29, 1.82) is 0 Å². The number of alkyl halides is 6. The van der Waals surface area contributed by atoms with Crippen LogP contribution < -0.4 is 5.32 Å². The van der Waals surface area contributed by atoms with Gasteiger partial charge in [0.1, 0.15) is 6.61 Å². The van der Waals surface area contributed by atoms with Gasteiger partial charge in [-0.05, 0) is 7.05 Å². The Balaban J connectivity index is 2.66. The maximum Gasteiger partial charge on any atom is 0.423 e. The first-order valence-electron chi connectivity index (χ1n) is 4.98. The number of halogens is 6. The minimum absolute atomic E-state index is 0.219. The largest absolute Gasteiger partial charge is 0.423 e. The zero-order valence-electron chi connectivity index (χ0n) is 9.60. The van der Waals surface area contributed by atoms with Gasteiger partial charge in [-0.25, -0.2) is 0 Å². The number of ether oxygens (including phenoxy) is 1. The maximum atomic E-state index is 12.1. The number of hydrogen-bond donors (Lipinski definition) is 1. The van der Waals surface area contributed by atoms with Crippen LogP contribution in [0.15, 0.2) is 10.6 Å². The zero-order valence-corrected chi connectivity index (χ0v) is 9.60. The molecular formula is C9H10F6N2O2. The Kier molecular flexibility index (Phi) is 4.80. The monoisotopic (exact) mass is 292 g/mol. The lowest BCUT2D eigenvalue weighted by atomic mass is 10.3. The smallest absolute Gasteiger partial charge is 0.359 e. The molecule has 0 aliphatic carbocycles. The third kappa shape index (κ3) is 4.71. The van der Waals surface area contributed by atoms with Crippen LogP contribution in [0.25, 0.3) is 0 Å². The third-order valence-electron chi connectivity index (χ3n) is 1.95. The summed E-state index contributed by atoms with van der Waals surface area (Å²) < 4.78 is 81.2. The molecule has 19 heavy (non-hydrogen) atoms. The molecule has 1 heterocycles. The van der Waals surface area contributed by atoms with E-state index in [9.17, 15) is 26.3 Å². The molecule has 0 saturated carbocycles. The van der Waals surface area contributed by atoms with Gasteiger partial charge in [-0.2, -0.15) is 26.3 Å². The fourth-order valence-electron chi connectivity index (χ4n) is 1.23. The lowest BCUT2D eigenvalue weighted by Gasteiger charge is -2.22. The lowest BCUT2D eigenvalue weighted by Crippen LogP contribution is -2.44. The summed E-state index contributed by atoms with van der Waals surface area (Å²) in [4.78, 5) is 0. The summed E-state index contributed by atoms with van der Waals surface area (Å²) >= 11 is 0. The highest BCUT2D eigenvalue weighted by Gasteiger charge is 2.58. The summed E-state index contributed by atoms with van der Waals surface area (Å²) in [5, 5.41) is 6.12. The number of rotatable bonds is 5. The van der Waals surface area contributed by atoms with Crippen molar-refractivity contribution in [2.24, 2.45) is 0 Å². The molecule has 0 saturated heterocycles. The second kappa shape index (κ2) is 5.78. The molecule has 0 radical (unpaired) electrons. The quantitative estimate of drug-likeness (QED) is 0.847. The van der Waals surface area contributed by atoms with Crippen LogP contribution in [0.5, 0.6) is 0 Å². The van der Waals surface area contributed by atoms with Crippen molar-refractivity contribution in [3.05, 3.63) is 17.5 Å². The van der Waals surface area contributed by atoms with Crippen molar-refractivity contribution >= 4 is 0 Å². The number of nitrogens with one attached hydrogen (secondary N) is 1.